The molecule has 2 aromatic carbocycles. The van der Waals surface area contributed by atoms with E-state index >= 15 is 8.78 Å². The summed E-state index contributed by atoms with van der Waals surface area (Å²) in [6.07, 6.45) is 14.8. The van der Waals surface area contributed by atoms with Crippen molar-refractivity contribution in [3.63, 3.8) is 0 Å². The first kappa shape index (κ1) is 30.7. The molecule has 2 saturated carbocycles. The van der Waals surface area contributed by atoms with E-state index in [9.17, 15) is 4.39 Å². The van der Waals surface area contributed by atoms with E-state index in [1.807, 2.05) is 24.3 Å². The lowest BCUT2D eigenvalue weighted by molar-refractivity contribution is 0.0230. The third-order valence-corrected chi connectivity index (χ3v) is 9.06. The molecule has 0 aromatic heterocycles. The minimum atomic E-state index is -0.665. The smallest absolute Gasteiger partial charge is 0.162 e. The highest BCUT2D eigenvalue weighted by molar-refractivity contribution is 5.32. The van der Waals surface area contributed by atoms with Crippen LogP contribution in [0.4, 0.5) is 13.2 Å². The minimum absolute atomic E-state index is 0.0723. The van der Waals surface area contributed by atoms with Crippen LogP contribution >= 0.6 is 0 Å². The number of hydrogen-bond acceptors (Lipinski definition) is 2. The summed E-state index contributed by atoms with van der Waals surface area (Å²) in [5, 5.41) is 0. The fraction of sp³-hybridized carbons (Fsp3) is 0.600. The Morgan fingerprint density at radius 2 is 1.52 bits per heavy atom. The maximum atomic E-state index is 15.1. The van der Waals surface area contributed by atoms with Gasteiger partial charge in [0, 0.05) is 12.7 Å². The van der Waals surface area contributed by atoms with E-state index < -0.39 is 11.6 Å². The highest BCUT2D eigenvalue weighted by Crippen LogP contribution is 2.40. The molecule has 220 valence electrons. The number of rotatable bonds is 14. The van der Waals surface area contributed by atoms with Crippen molar-refractivity contribution in [2.75, 3.05) is 13.2 Å². The average Bonchev–Trinajstić information content (AvgIpc) is 2.97. The molecular formula is C35H47F3O2. The number of allylic oxidation sites excluding steroid dienone is 1. The number of halogens is 3. The molecule has 0 atom stereocenters. The third kappa shape index (κ3) is 8.38. The predicted molar refractivity (Wildman–Crippen MR) is 157 cm³/mol. The van der Waals surface area contributed by atoms with E-state index in [0.29, 0.717) is 35.8 Å². The van der Waals surface area contributed by atoms with Gasteiger partial charge in [-0.1, -0.05) is 37.6 Å². The van der Waals surface area contributed by atoms with Crippen molar-refractivity contribution < 1.29 is 22.6 Å². The van der Waals surface area contributed by atoms with Crippen molar-refractivity contribution in [2.45, 2.75) is 115 Å². The van der Waals surface area contributed by atoms with Gasteiger partial charge < -0.3 is 9.47 Å². The molecule has 0 heterocycles. The van der Waals surface area contributed by atoms with E-state index in [1.165, 1.54) is 6.07 Å². The standard InChI is InChI=1S/C35H47F3O2/c1-3-5-7-23-40-30-19-21-31(33(36)24-30)26-11-8-25(9-12-26)10-13-28-16-20-32(35(38)34(28)37)27-14-17-29(18-15-27)39-22-6-4-2/h3,16,19-21,24-27,29H,1,4-15,17-18,22-23H2,2H3. The van der Waals surface area contributed by atoms with Gasteiger partial charge in [-0.2, -0.15) is 0 Å². The molecule has 2 aliphatic rings. The van der Waals surface area contributed by atoms with Gasteiger partial charge >= 0.3 is 0 Å². The fourth-order valence-electron chi connectivity index (χ4n) is 6.52. The Kier molecular flexibility index (Phi) is 12.0. The van der Waals surface area contributed by atoms with Crippen LogP contribution in [0.15, 0.2) is 43.0 Å². The normalized spacial score (nSPS) is 23.2. The zero-order chi connectivity index (χ0) is 28.3. The number of aryl methyl sites for hydroxylation is 1. The van der Waals surface area contributed by atoms with E-state index in [4.69, 9.17) is 9.47 Å². The molecular weight excluding hydrogens is 509 g/mol. The van der Waals surface area contributed by atoms with Gasteiger partial charge in [0.2, 0.25) is 0 Å². The average molecular weight is 557 g/mol. The molecule has 0 spiro atoms. The fourth-order valence-corrected chi connectivity index (χ4v) is 6.52. The molecule has 0 aliphatic heterocycles. The Bertz CT molecular complexity index is 1070. The van der Waals surface area contributed by atoms with Crippen LogP contribution in [-0.4, -0.2) is 19.3 Å². The summed E-state index contributed by atoms with van der Waals surface area (Å²) in [4.78, 5) is 0. The predicted octanol–water partition coefficient (Wildman–Crippen LogP) is 10.2. The molecule has 5 heteroatoms. The number of benzene rings is 2. The van der Waals surface area contributed by atoms with E-state index in [0.717, 1.165) is 95.6 Å². The van der Waals surface area contributed by atoms with E-state index in [-0.39, 0.29) is 23.8 Å². The van der Waals surface area contributed by atoms with Crippen molar-refractivity contribution in [2.24, 2.45) is 5.92 Å². The molecule has 2 fully saturated rings. The maximum absolute atomic E-state index is 15.1. The summed E-state index contributed by atoms with van der Waals surface area (Å²) < 4.78 is 56.6. The van der Waals surface area contributed by atoms with Gasteiger partial charge in [0.1, 0.15) is 11.6 Å². The monoisotopic (exact) mass is 556 g/mol. The van der Waals surface area contributed by atoms with Crippen molar-refractivity contribution >= 4 is 0 Å². The van der Waals surface area contributed by atoms with E-state index in [1.54, 1.807) is 6.07 Å². The number of unbranched alkanes of at least 4 members (excludes halogenated alkanes) is 2. The molecule has 0 unspecified atom stereocenters. The van der Waals surface area contributed by atoms with Gasteiger partial charge in [0.25, 0.3) is 0 Å². The lowest BCUT2D eigenvalue weighted by Gasteiger charge is -2.30. The molecule has 2 aliphatic carbocycles. The largest absolute Gasteiger partial charge is 0.493 e. The topological polar surface area (TPSA) is 18.5 Å². The van der Waals surface area contributed by atoms with Crippen LogP contribution < -0.4 is 4.74 Å². The first-order chi connectivity index (χ1) is 19.5. The van der Waals surface area contributed by atoms with Gasteiger partial charge in [-0.3, -0.25) is 0 Å². The zero-order valence-electron chi connectivity index (χ0n) is 24.2. The Balaban J connectivity index is 1.23. The maximum Gasteiger partial charge on any atom is 0.162 e. The molecule has 0 amide bonds. The second-order valence-corrected chi connectivity index (χ2v) is 11.9. The SMILES string of the molecule is C=CCCCOc1ccc(C2CCC(CCc3ccc(C4CCC(OCCCC)CC4)c(F)c3F)CC2)c(F)c1. The molecule has 0 bridgehead atoms. The summed E-state index contributed by atoms with van der Waals surface area (Å²) >= 11 is 0. The summed E-state index contributed by atoms with van der Waals surface area (Å²) in [6.45, 7) is 7.20. The Labute approximate surface area is 239 Å². The minimum Gasteiger partial charge on any atom is -0.493 e. The van der Waals surface area contributed by atoms with Crippen LogP contribution in [0.2, 0.25) is 0 Å². The lowest BCUT2D eigenvalue weighted by Crippen LogP contribution is -2.22. The second-order valence-electron chi connectivity index (χ2n) is 11.9. The molecule has 0 N–H and O–H groups in total. The number of hydrogen-bond donors (Lipinski definition) is 0. The van der Waals surface area contributed by atoms with Crippen LogP contribution in [0, 0.1) is 23.4 Å². The molecule has 0 saturated heterocycles. The summed E-state index contributed by atoms with van der Waals surface area (Å²) in [5.74, 6) is -0.212. The molecule has 40 heavy (non-hydrogen) atoms. The Morgan fingerprint density at radius 1 is 0.825 bits per heavy atom. The van der Waals surface area contributed by atoms with Crippen LogP contribution in [0.1, 0.15) is 119 Å². The first-order valence-electron chi connectivity index (χ1n) is 15.6. The zero-order valence-corrected chi connectivity index (χ0v) is 24.2. The molecule has 2 aromatic rings. The third-order valence-electron chi connectivity index (χ3n) is 9.06. The second kappa shape index (κ2) is 15.7. The highest BCUT2D eigenvalue weighted by atomic mass is 19.2. The highest BCUT2D eigenvalue weighted by Gasteiger charge is 2.28. The van der Waals surface area contributed by atoms with Crippen LogP contribution in [-0.2, 0) is 11.2 Å². The summed E-state index contributed by atoms with van der Waals surface area (Å²) in [5.41, 5.74) is 1.78. The molecule has 2 nitrogen and oxygen atoms in total. The summed E-state index contributed by atoms with van der Waals surface area (Å²) in [6, 6.07) is 8.87. The van der Waals surface area contributed by atoms with Gasteiger partial charge in [-0.05, 0) is 124 Å². The number of ether oxygens (including phenoxy) is 2. The van der Waals surface area contributed by atoms with Crippen molar-refractivity contribution in [3.05, 3.63) is 77.1 Å². The Morgan fingerprint density at radius 3 is 2.23 bits per heavy atom. The van der Waals surface area contributed by atoms with Crippen molar-refractivity contribution in [1.82, 2.24) is 0 Å². The van der Waals surface area contributed by atoms with Crippen LogP contribution in [0.3, 0.4) is 0 Å². The molecule has 0 radical (unpaired) electrons. The lowest BCUT2D eigenvalue weighted by atomic mass is 9.76. The van der Waals surface area contributed by atoms with Gasteiger partial charge in [-0.15, -0.1) is 6.58 Å². The summed E-state index contributed by atoms with van der Waals surface area (Å²) in [7, 11) is 0. The van der Waals surface area contributed by atoms with Gasteiger partial charge in [-0.25, -0.2) is 13.2 Å². The van der Waals surface area contributed by atoms with Crippen LogP contribution in [0.5, 0.6) is 5.75 Å². The van der Waals surface area contributed by atoms with Crippen molar-refractivity contribution in [3.8, 4) is 5.75 Å². The van der Waals surface area contributed by atoms with Crippen molar-refractivity contribution in [1.29, 1.82) is 0 Å². The first-order valence-corrected chi connectivity index (χ1v) is 15.6. The Hall–Kier alpha value is -2.27. The quantitative estimate of drug-likeness (QED) is 0.170. The van der Waals surface area contributed by atoms with Gasteiger partial charge in [0.05, 0.1) is 12.7 Å². The van der Waals surface area contributed by atoms with Gasteiger partial charge in [0.15, 0.2) is 11.6 Å². The molecule has 4 rings (SSSR count). The van der Waals surface area contributed by atoms with E-state index in [2.05, 4.69) is 13.5 Å². The van der Waals surface area contributed by atoms with Crippen LogP contribution in [0.25, 0.3) is 0 Å².